The monoisotopic (exact) mass is 201 g/mol. The molecule has 0 atom stereocenters. The van der Waals surface area contributed by atoms with Crippen molar-refractivity contribution in [2.24, 2.45) is 5.73 Å². The lowest BCUT2D eigenvalue weighted by Crippen LogP contribution is -2.03. The molecule has 3 N–H and O–H groups in total. The van der Waals surface area contributed by atoms with E-state index in [4.69, 9.17) is 10.8 Å². The molecule has 15 heavy (non-hydrogen) atoms. The Hall–Kier alpha value is -1.38. The predicted octanol–water partition coefficient (Wildman–Crippen LogP) is 1.83. The summed E-state index contributed by atoms with van der Waals surface area (Å²) in [4.78, 5) is 0. The highest BCUT2D eigenvalue weighted by atomic mass is 16.3. The molecular formula is C13H15NO. The van der Waals surface area contributed by atoms with Crippen molar-refractivity contribution >= 4 is 10.8 Å². The lowest BCUT2D eigenvalue weighted by Gasteiger charge is -2.06. The number of hydrogen-bond acceptors (Lipinski definition) is 2. The van der Waals surface area contributed by atoms with Crippen LogP contribution in [-0.4, -0.2) is 11.7 Å². The highest BCUT2D eigenvalue weighted by Crippen LogP contribution is 2.20. The van der Waals surface area contributed by atoms with E-state index in [0.717, 1.165) is 12.0 Å². The summed E-state index contributed by atoms with van der Waals surface area (Å²) in [6.45, 7) is 0.745. The standard InChI is InChI=1S/C13H15NO/c14-7-6-12-3-1-2-11-5-4-10(9-15)8-13(11)12/h1-5,8,15H,6-7,9,14H2. The first-order valence-corrected chi connectivity index (χ1v) is 5.16. The first kappa shape index (κ1) is 10.1. The first-order chi connectivity index (χ1) is 7.35. The number of fused-ring (bicyclic) bond motifs is 1. The Balaban J connectivity index is 2.59. The smallest absolute Gasteiger partial charge is 0.0682 e. The second kappa shape index (κ2) is 4.43. The van der Waals surface area contributed by atoms with E-state index in [2.05, 4.69) is 12.1 Å². The minimum atomic E-state index is 0.0902. The third-order valence-electron chi connectivity index (χ3n) is 2.63. The number of aliphatic hydroxyl groups excluding tert-OH is 1. The van der Waals surface area contributed by atoms with Crippen LogP contribution >= 0.6 is 0 Å². The van der Waals surface area contributed by atoms with Gasteiger partial charge in [0.05, 0.1) is 6.61 Å². The number of benzene rings is 2. The van der Waals surface area contributed by atoms with Gasteiger partial charge in [-0.2, -0.15) is 0 Å². The molecule has 0 amide bonds. The van der Waals surface area contributed by atoms with Crippen LogP contribution in [0.2, 0.25) is 0 Å². The normalized spacial score (nSPS) is 10.8. The lowest BCUT2D eigenvalue weighted by atomic mass is 10.0. The van der Waals surface area contributed by atoms with Crippen LogP contribution in [0.3, 0.4) is 0 Å². The molecule has 0 radical (unpaired) electrons. The van der Waals surface area contributed by atoms with Gasteiger partial charge >= 0.3 is 0 Å². The highest BCUT2D eigenvalue weighted by molar-refractivity contribution is 5.86. The molecule has 0 spiro atoms. The van der Waals surface area contributed by atoms with Gasteiger partial charge in [-0.25, -0.2) is 0 Å². The summed E-state index contributed by atoms with van der Waals surface area (Å²) in [5.41, 5.74) is 7.78. The fourth-order valence-electron chi connectivity index (χ4n) is 1.86. The summed E-state index contributed by atoms with van der Waals surface area (Å²) in [6.07, 6.45) is 0.881. The van der Waals surface area contributed by atoms with Gasteiger partial charge in [0.1, 0.15) is 0 Å². The SMILES string of the molecule is NCCc1cccc2ccc(CO)cc12. The van der Waals surface area contributed by atoms with Gasteiger partial charge in [0, 0.05) is 0 Å². The molecule has 78 valence electrons. The summed E-state index contributed by atoms with van der Waals surface area (Å²) in [5.74, 6) is 0. The van der Waals surface area contributed by atoms with Crippen molar-refractivity contribution in [3.05, 3.63) is 47.5 Å². The maximum Gasteiger partial charge on any atom is 0.0682 e. The van der Waals surface area contributed by atoms with Gasteiger partial charge in [0.2, 0.25) is 0 Å². The van der Waals surface area contributed by atoms with E-state index in [1.165, 1.54) is 16.3 Å². The number of nitrogens with two attached hydrogens (primary N) is 1. The second-order valence-corrected chi connectivity index (χ2v) is 3.67. The molecule has 0 aliphatic rings. The Labute approximate surface area is 89.3 Å². The third-order valence-corrected chi connectivity index (χ3v) is 2.63. The van der Waals surface area contributed by atoms with Crippen LogP contribution in [0.15, 0.2) is 36.4 Å². The van der Waals surface area contributed by atoms with Crippen molar-refractivity contribution < 1.29 is 5.11 Å². The third kappa shape index (κ3) is 2.01. The van der Waals surface area contributed by atoms with Gasteiger partial charge in [-0.1, -0.05) is 30.3 Å². The zero-order valence-corrected chi connectivity index (χ0v) is 8.61. The van der Waals surface area contributed by atoms with Crippen LogP contribution in [0.4, 0.5) is 0 Å². The molecule has 0 aliphatic carbocycles. The van der Waals surface area contributed by atoms with Gasteiger partial charge < -0.3 is 10.8 Å². The van der Waals surface area contributed by atoms with Gasteiger partial charge in [-0.15, -0.1) is 0 Å². The average Bonchev–Trinajstić information content (AvgIpc) is 2.29. The molecule has 0 saturated carbocycles. The average molecular weight is 201 g/mol. The fourth-order valence-corrected chi connectivity index (χ4v) is 1.86. The van der Waals surface area contributed by atoms with Crippen molar-refractivity contribution in [3.8, 4) is 0 Å². The van der Waals surface area contributed by atoms with E-state index in [0.29, 0.717) is 6.54 Å². The molecule has 0 heterocycles. The highest BCUT2D eigenvalue weighted by Gasteiger charge is 2.00. The quantitative estimate of drug-likeness (QED) is 0.795. The molecule has 0 saturated heterocycles. The van der Waals surface area contributed by atoms with Crippen molar-refractivity contribution in [1.82, 2.24) is 0 Å². The maximum absolute atomic E-state index is 9.09. The second-order valence-electron chi connectivity index (χ2n) is 3.67. The Bertz CT molecular complexity index is 465. The zero-order valence-electron chi connectivity index (χ0n) is 8.61. The molecule has 2 aromatic carbocycles. The number of aliphatic hydroxyl groups is 1. The van der Waals surface area contributed by atoms with Gasteiger partial charge in [0.15, 0.2) is 0 Å². The molecule has 0 aromatic heterocycles. The molecule has 0 bridgehead atoms. The van der Waals surface area contributed by atoms with Crippen molar-refractivity contribution in [3.63, 3.8) is 0 Å². The topological polar surface area (TPSA) is 46.2 Å². The van der Waals surface area contributed by atoms with E-state index in [1.54, 1.807) is 0 Å². The number of rotatable bonds is 3. The first-order valence-electron chi connectivity index (χ1n) is 5.16. The Morgan fingerprint density at radius 3 is 2.73 bits per heavy atom. The summed E-state index contributed by atoms with van der Waals surface area (Å²) in [7, 11) is 0. The minimum Gasteiger partial charge on any atom is -0.392 e. The van der Waals surface area contributed by atoms with Gasteiger partial charge in [-0.05, 0) is 40.9 Å². The Morgan fingerprint density at radius 1 is 1.13 bits per heavy atom. The molecule has 2 aromatic rings. The molecule has 2 nitrogen and oxygen atoms in total. The van der Waals surface area contributed by atoms with Crippen LogP contribution in [0.1, 0.15) is 11.1 Å². The van der Waals surface area contributed by atoms with Crippen molar-refractivity contribution in [1.29, 1.82) is 0 Å². The molecule has 2 heteroatoms. The Morgan fingerprint density at radius 2 is 2.00 bits per heavy atom. The molecule has 0 fully saturated rings. The zero-order chi connectivity index (χ0) is 10.7. The van der Waals surface area contributed by atoms with E-state index in [-0.39, 0.29) is 6.61 Å². The van der Waals surface area contributed by atoms with E-state index in [1.807, 2.05) is 24.3 Å². The summed E-state index contributed by atoms with van der Waals surface area (Å²) < 4.78 is 0. The molecule has 0 unspecified atom stereocenters. The largest absolute Gasteiger partial charge is 0.392 e. The van der Waals surface area contributed by atoms with Crippen LogP contribution in [0, 0.1) is 0 Å². The van der Waals surface area contributed by atoms with Gasteiger partial charge in [-0.3, -0.25) is 0 Å². The summed E-state index contributed by atoms with van der Waals surface area (Å²) >= 11 is 0. The summed E-state index contributed by atoms with van der Waals surface area (Å²) in [5, 5.41) is 11.5. The lowest BCUT2D eigenvalue weighted by molar-refractivity contribution is 0.282. The fraction of sp³-hybridized carbons (Fsp3) is 0.231. The van der Waals surface area contributed by atoms with E-state index in [9.17, 15) is 0 Å². The van der Waals surface area contributed by atoms with Crippen LogP contribution in [0.25, 0.3) is 10.8 Å². The maximum atomic E-state index is 9.09. The molecule has 0 aliphatic heterocycles. The van der Waals surface area contributed by atoms with Crippen molar-refractivity contribution in [2.75, 3.05) is 6.54 Å². The molecular weight excluding hydrogens is 186 g/mol. The number of hydrogen-bond donors (Lipinski definition) is 2. The molecule has 2 rings (SSSR count). The van der Waals surface area contributed by atoms with E-state index >= 15 is 0 Å². The van der Waals surface area contributed by atoms with Crippen LogP contribution in [-0.2, 0) is 13.0 Å². The van der Waals surface area contributed by atoms with Crippen molar-refractivity contribution in [2.45, 2.75) is 13.0 Å². The Kier molecular flexibility index (Phi) is 2.99. The summed E-state index contributed by atoms with van der Waals surface area (Å²) in [6, 6.07) is 12.3. The van der Waals surface area contributed by atoms with Gasteiger partial charge in [0.25, 0.3) is 0 Å². The minimum absolute atomic E-state index is 0.0902. The predicted molar refractivity (Wildman–Crippen MR) is 62.6 cm³/mol. The van der Waals surface area contributed by atoms with Crippen LogP contribution < -0.4 is 5.73 Å². The van der Waals surface area contributed by atoms with Crippen LogP contribution in [0.5, 0.6) is 0 Å². The van der Waals surface area contributed by atoms with E-state index < -0.39 is 0 Å².